The van der Waals surface area contributed by atoms with Crippen molar-refractivity contribution < 1.29 is 0 Å². The van der Waals surface area contributed by atoms with Crippen molar-refractivity contribution in [1.29, 1.82) is 0 Å². The average Bonchev–Trinajstić information content (AvgIpc) is 3.07. The minimum atomic E-state index is 0.0407. The van der Waals surface area contributed by atoms with Gasteiger partial charge in [0, 0.05) is 31.4 Å². The van der Waals surface area contributed by atoms with E-state index in [2.05, 4.69) is 34.7 Å². The highest BCUT2D eigenvalue weighted by Crippen LogP contribution is 2.25. The largest absolute Gasteiger partial charge is 0.335 e. The van der Waals surface area contributed by atoms with Crippen LogP contribution in [0, 0.1) is 0 Å². The second kappa shape index (κ2) is 5.80. The van der Waals surface area contributed by atoms with E-state index in [1.807, 2.05) is 12.4 Å². The predicted molar refractivity (Wildman–Crippen MR) is 81.6 cm³/mol. The molecule has 1 atom stereocenters. The SMILES string of the molecule is CCCn1ccnc1CC(N)c1ccc2c(c1)CCC2. The molecule has 0 spiro atoms. The third-order valence-electron chi connectivity index (χ3n) is 4.22. The average molecular weight is 269 g/mol. The number of aromatic nitrogens is 2. The van der Waals surface area contributed by atoms with E-state index in [4.69, 9.17) is 5.73 Å². The van der Waals surface area contributed by atoms with Crippen molar-refractivity contribution >= 4 is 0 Å². The number of hydrogen-bond acceptors (Lipinski definition) is 2. The monoisotopic (exact) mass is 269 g/mol. The number of imidazole rings is 1. The van der Waals surface area contributed by atoms with Crippen molar-refractivity contribution in [3.8, 4) is 0 Å². The van der Waals surface area contributed by atoms with Gasteiger partial charge in [-0.15, -0.1) is 0 Å². The first-order valence-corrected chi connectivity index (χ1v) is 7.65. The molecule has 0 aliphatic heterocycles. The van der Waals surface area contributed by atoms with Crippen LogP contribution in [0.15, 0.2) is 30.6 Å². The summed E-state index contributed by atoms with van der Waals surface area (Å²) in [6.45, 7) is 3.20. The highest BCUT2D eigenvalue weighted by Gasteiger charge is 2.15. The molecule has 1 aliphatic rings. The molecule has 106 valence electrons. The fraction of sp³-hybridized carbons (Fsp3) is 0.471. The summed E-state index contributed by atoms with van der Waals surface area (Å²) in [7, 11) is 0. The Kier molecular flexibility index (Phi) is 3.88. The van der Waals surface area contributed by atoms with Gasteiger partial charge in [-0.2, -0.15) is 0 Å². The summed E-state index contributed by atoms with van der Waals surface area (Å²) >= 11 is 0. The molecule has 0 amide bonds. The molecule has 3 heteroatoms. The van der Waals surface area contributed by atoms with Gasteiger partial charge in [-0.1, -0.05) is 25.1 Å². The fourth-order valence-electron chi connectivity index (χ4n) is 3.11. The maximum absolute atomic E-state index is 6.39. The van der Waals surface area contributed by atoms with Crippen LogP contribution in [0.1, 0.15) is 48.3 Å². The maximum atomic E-state index is 6.39. The molecule has 1 heterocycles. The minimum absolute atomic E-state index is 0.0407. The molecule has 2 N–H and O–H groups in total. The first kappa shape index (κ1) is 13.4. The minimum Gasteiger partial charge on any atom is -0.335 e. The third-order valence-corrected chi connectivity index (χ3v) is 4.22. The van der Waals surface area contributed by atoms with Crippen molar-refractivity contribution in [2.75, 3.05) is 0 Å². The number of aryl methyl sites for hydroxylation is 3. The van der Waals surface area contributed by atoms with Gasteiger partial charge in [-0.05, 0) is 42.4 Å². The summed E-state index contributed by atoms with van der Waals surface area (Å²) in [5.41, 5.74) is 10.6. The molecule has 0 radical (unpaired) electrons. The van der Waals surface area contributed by atoms with Crippen LogP contribution in [-0.2, 0) is 25.8 Å². The second-order valence-corrected chi connectivity index (χ2v) is 5.73. The number of nitrogens with two attached hydrogens (primary N) is 1. The summed E-state index contributed by atoms with van der Waals surface area (Å²) in [6, 6.07) is 6.80. The standard InChI is InChI=1S/C17H23N3/c1-2-9-20-10-8-19-17(20)12-16(18)15-7-6-13-4-3-5-14(13)11-15/h6-8,10-11,16H,2-5,9,12,18H2,1H3. The van der Waals surface area contributed by atoms with Gasteiger partial charge in [0.25, 0.3) is 0 Å². The lowest BCUT2D eigenvalue weighted by molar-refractivity contribution is 0.598. The van der Waals surface area contributed by atoms with Crippen molar-refractivity contribution in [2.45, 2.75) is 51.6 Å². The quantitative estimate of drug-likeness (QED) is 0.906. The van der Waals surface area contributed by atoms with Crippen LogP contribution in [-0.4, -0.2) is 9.55 Å². The normalized spacial score (nSPS) is 15.3. The van der Waals surface area contributed by atoms with Crippen molar-refractivity contribution in [1.82, 2.24) is 9.55 Å². The molecule has 1 aromatic heterocycles. The molecule has 0 fully saturated rings. The van der Waals surface area contributed by atoms with Crippen LogP contribution in [0.2, 0.25) is 0 Å². The Bertz CT molecular complexity index is 586. The molecule has 2 aromatic rings. The van der Waals surface area contributed by atoms with Crippen LogP contribution in [0.3, 0.4) is 0 Å². The van der Waals surface area contributed by atoms with Crippen molar-refractivity contribution in [3.63, 3.8) is 0 Å². The lowest BCUT2D eigenvalue weighted by Crippen LogP contribution is -2.17. The zero-order valence-electron chi connectivity index (χ0n) is 12.2. The smallest absolute Gasteiger partial charge is 0.110 e. The first-order chi connectivity index (χ1) is 9.78. The summed E-state index contributed by atoms with van der Waals surface area (Å²) < 4.78 is 2.22. The van der Waals surface area contributed by atoms with Crippen LogP contribution in [0.5, 0.6) is 0 Å². The van der Waals surface area contributed by atoms with Crippen molar-refractivity contribution in [3.05, 3.63) is 53.1 Å². The van der Waals surface area contributed by atoms with E-state index < -0.39 is 0 Å². The second-order valence-electron chi connectivity index (χ2n) is 5.73. The van der Waals surface area contributed by atoms with Gasteiger partial charge < -0.3 is 10.3 Å². The van der Waals surface area contributed by atoms with Gasteiger partial charge in [-0.3, -0.25) is 0 Å². The van der Waals surface area contributed by atoms with Gasteiger partial charge in [0.15, 0.2) is 0 Å². The molecule has 0 bridgehead atoms. The number of nitrogens with zero attached hydrogens (tertiary/aromatic N) is 2. The fourth-order valence-corrected chi connectivity index (χ4v) is 3.11. The predicted octanol–water partition coefficient (Wildman–Crippen LogP) is 3.02. The van der Waals surface area contributed by atoms with Crippen LogP contribution >= 0.6 is 0 Å². The Labute approximate surface area is 120 Å². The number of fused-ring (bicyclic) bond motifs is 1. The third kappa shape index (κ3) is 2.63. The van der Waals surface area contributed by atoms with Crippen LogP contribution in [0.4, 0.5) is 0 Å². The highest BCUT2D eigenvalue weighted by molar-refractivity contribution is 5.36. The van der Waals surface area contributed by atoms with E-state index in [0.29, 0.717) is 0 Å². The first-order valence-electron chi connectivity index (χ1n) is 7.65. The Morgan fingerprint density at radius 1 is 1.30 bits per heavy atom. The topological polar surface area (TPSA) is 43.8 Å². The van der Waals surface area contributed by atoms with E-state index >= 15 is 0 Å². The van der Waals surface area contributed by atoms with E-state index in [0.717, 1.165) is 25.2 Å². The van der Waals surface area contributed by atoms with Gasteiger partial charge in [0.1, 0.15) is 5.82 Å². The Morgan fingerprint density at radius 3 is 3.00 bits per heavy atom. The molecule has 1 unspecified atom stereocenters. The Balaban J connectivity index is 1.75. The van der Waals surface area contributed by atoms with E-state index in [1.54, 1.807) is 0 Å². The molecular formula is C17H23N3. The number of hydrogen-bond donors (Lipinski definition) is 1. The molecule has 1 aromatic carbocycles. The molecular weight excluding hydrogens is 246 g/mol. The molecule has 0 saturated carbocycles. The van der Waals surface area contributed by atoms with E-state index in [-0.39, 0.29) is 6.04 Å². The number of benzene rings is 1. The lowest BCUT2D eigenvalue weighted by Gasteiger charge is -2.14. The Hall–Kier alpha value is -1.61. The summed E-state index contributed by atoms with van der Waals surface area (Å²) in [5, 5.41) is 0. The molecule has 3 rings (SSSR count). The van der Waals surface area contributed by atoms with Crippen LogP contribution < -0.4 is 5.73 Å². The van der Waals surface area contributed by atoms with Gasteiger partial charge in [-0.25, -0.2) is 4.98 Å². The van der Waals surface area contributed by atoms with E-state index in [9.17, 15) is 0 Å². The van der Waals surface area contributed by atoms with E-state index in [1.165, 1.54) is 36.0 Å². The van der Waals surface area contributed by atoms with Gasteiger partial charge in [0.2, 0.25) is 0 Å². The zero-order valence-corrected chi connectivity index (χ0v) is 12.2. The van der Waals surface area contributed by atoms with Crippen molar-refractivity contribution in [2.24, 2.45) is 5.73 Å². The van der Waals surface area contributed by atoms with Gasteiger partial charge in [0.05, 0.1) is 0 Å². The van der Waals surface area contributed by atoms with Gasteiger partial charge >= 0.3 is 0 Å². The number of rotatable bonds is 5. The highest BCUT2D eigenvalue weighted by atomic mass is 15.1. The summed E-state index contributed by atoms with van der Waals surface area (Å²) in [5.74, 6) is 1.10. The van der Waals surface area contributed by atoms with Crippen LogP contribution in [0.25, 0.3) is 0 Å². The maximum Gasteiger partial charge on any atom is 0.110 e. The molecule has 0 saturated heterocycles. The lowest BCUT2D eigenvalue weighted by atomic mass is 9.99. The summed E-state index contributed by atoms with van der Waals surface area (Å²) in [4.78, 5) is 4.46. The zero-order chi connectivity index (χ0) is 13.9. The Morgan fingerprint density at radius 2 is 2.15 bits per heavy atom. The molecule has 3 nitrogen and oxygen atoms in total. The molecule has 1 aliphatic carbocycles. The molecule has 20 heavy (non-hydrogen) atoms. The summed E-state index contributed by atoms with van der Waals surface area (Å²) in [6.07, 6.45) is 9.58.